The number of alkyl halides is 1. The third kappa shape index (κ3) is 5.76. The van der Waals surface area contributed by atoms with Crippen LogP contribution in [-0.4, -0.2) is 44.1 Å². The fraction of sp³-hybridized carbons (Fsp3) is 0.647. The van der Waals surface area contributed by atoms with Crippen molar-refractivity contribution in [3.63, 3.8) is 0 Å². The first-order chi connectivity index (χ1) is 10.3. The van der Waals surface area contributed by atoms with Gasteiger partial charge in [0.25, 0.3) is 0 Å². The highest BCUT2D eigenvalue weighted by molar-refractivity contribution is 6.18. The summed E-state index contributed by atoms with van der Waals surface area (Å²) in [5.41, 5.74) is 0. The summed E-state index contributed by atoms with van der Waals surface area (Å²) in [6.45, 7) is 4.18. The number of likely N-dealkylation sites (tertiary alicyclic amines) is 1. The van der Waals surface area contributed by atoms with Crippen molar-refractivity contribution < 1.29 is 9.47 Å². The molecule has 0 radical (unpaired) electrons. The predicted octanol–water partition coefficient (Wildman–Crippen LogP) is 3.81. The van der Waals surface area contributed by atoms with Gasteiger partial charge in [-0.15, -0.1) is 11.6 Å². The molecule has 1 aliphatic heterocycles. The summed E-state index contributed by atoms with van der Waals surface area (Å²) in [5, 5.41) is 0. The van der Waals surface area contributed by atoms with E-state index in [1.54, 1.807) is 7.11 Å². The van der Waals surface area contributed by atoms with Crippen LogP contribution in [0.4, 0.5) is 0 Å². The lowest BCUT2D eigenvalue weighted by molar-refractivity contribution is 0.224. The topological polar surface area (TPSA) is 21.7 Å². The standard InChI is InChI=1S/C17H26ClNO2/c1-20-16-7-4-8-17(12-16)21-11-5-10-19-9-3-2-6-15(13-18)14-19/h4,7-8,12,15H,2-3,5-6,9-11,13-14H2,1H3. The van der Waals surface area contributed by atoms with Crippen molar-refractivity contribution in [3.05, 3.63) is 24.3 Å². The lowest BCUT2D eigenvalue weighted by Gasteiger charge is -2.23. The number of nitrogens with zero attached hydrogens (tertiary/aromatic N) is 1. The molecule has 118 valence electrons. The van der Waals surface area contributed by atoms with Gasteiger partial charge in [0.2, 0.25) is 0 Å². The van der Waals surface area contributed by atoms with Crippen molar-refractivity contribution >= 4 is 11.6 Å². The minimum absolute atomic E-state index is 0.661. The molecular weight excluding hydrogens is 286 g/mol. The number of benzene rings is 1. The molecule has 1 atom stereocenters. The fourth-order valence-electron chi connectivity index (χ4n) is 2.81. The molecular formula is C17H26ClNO2. The third-order valence-corrected chi connectivity index (χ3v) is 4.44. The van der Waals surface area contributed by atoms with Crippen LogP contribution in [-0.2, 0) is 0 Å². The summed E-state index contributed by atoms with van der Waals surface area (Å²) < 4.78 is 11.0. The van der Waals surface area contributed by atoms with Gasteiger partial charge in [-0.1, -0.05) is 12.5 Å². The molecule has 1 heterocycles. The van der Waals surface area contributed by atoms with E-state index < -0.39 is 0 Å². The Hall–Kier alpha value is -0.930. The van der Waals surface area contributed by atoms with Gasteiger partial charge < -0.3 is 14.4 Å². The van der Waals surface area contributed by atoms with Crippen molar-refractivity contribution in [2.45, 2.75) is 25.7 Å². The summed E-state index contributed by atoms with van der Waals surface area (Å²) in [7, 11) is 1.67. The molecule has 1 aliphatic rings. The second kappa shape index (κ2) is 9.16. The van der Waals surface area contributed by atoms with Crippen molar-refractivity contribution in [1.29, 1.82) is 0 Å². The van der Waals surface area contributed by atoms with E-state index in [4.69, 9.17) is 21.1 Å². The molecule has 1 aromatic carbocycles. The number of rotatable bonds is 7. The van der Waals surface area contributed by atoms with Gasteiger partial charge in [0, 0.05) is 25.0 Å². The Morgan fingerprint density at radius 3 is 2.95 bits per heavy atom. The zero-order chi connectivity index (χ0) is 14.9. The normalized spacial score (nSPS) is 20.0. The molecule has 0 aliphatic carbocycles. The molecule has 0 amide bonds. The molecule has 4 heteroatoms. The van der Waals surface area contributed by atoms with Gasteiger partial charge in [0.05, 0.1) is 13.7 Å². The third-order valence-electron chi connectivity index (χ3n) is 4.00. The van der Waals surface area contributed by atoms with Crippen molar-refractivity contribution in [1.82, 2.24) is 4.90 Å². The average molecular weight is 312 g/mol. The molecule has 0 saturated carbocycles. The first-order valence-electron chi connectivity index (χ1n) is 7.87. The molecule has 2 rings (SSSR count). The van der Waals surface area contributed by atoms with Gasteiger partial charge in [0.1, 0.15) is 11.5 Å². The highest BCUT2D eigenvalue weighted by Crippen LogP contribution is 2.20. The number of ether oxygens (including phenoxy) is 2. The summed E-state index contributed by atoms with van der Waals surface area (Å²) in [5.74, 6) is 3.17. The Morgan fingerprint density at radius 1 is 1.29 bits per heavy atom. The molecule has 0 bridgehead atoms. The van der Waals surface area contributed by atoms with E-state index in [0.717, 1.165) is 43.5 Å². The van der Waals surface area contributed by atoms with Crippen LogP contribution in [0.5, 0.6) is 11.5 Å². The van der Waals surface area contributed by atoms with Gasteiger partial charge >= 0.3 is 0 Å². The van der Waals surface area contributed by atoms with Crippen LogP contribution in [0, 0.1) is 5.92 Å². The number of methoxy groups -OCH3 is 1. The molecule has 0 aromatic heterocycles. The zero-order valence-electron chi connectivity index (χ0n) is 12.9. The molecule has 0 N–H and O–H groups in total. The Balaban J connectivity index is 1.68. The summed E-state index contributed by atoms with van der Waals surface area (Å²) >= 11 is 6.02. The Bertz CT molecular complexity index is 414. The number of hydrogen-bond acceptors (Lipinski definition) is 3. The lowest BCUT2D eigenvalue weighted by atomic mass is 10.1. The van der Waals surface area contributed by atoms with E-state index in [2.05, 4.69) is 4.90 Å². The predicted molar refractivity (Wildman–Crippen MR) is 87.6 cm³/mol. The van der Waals surface area contributed by atoms with E-state index in [-0.39, 0.29) is 0 Å². The largest absolute Gasteiger partial charge is 0.497 e. The molecule has 1 fully saturated rings. The van der Waals surface area contributed by atoms with E-state index >= 15 is 0 Å². The van der Waals surface area contributed by atoms with Crippen LogP contribution in [0.25, 0.3) is 0 Å². The second-order valence-electron chi connectivity index (χ2n) is 5.70. The summed E-state index contributed by atoms with van der Waals surface area (Å²) in [6.07, 6.45) is 4.94. The Labute approximate surface area is 133 Å². The first kappa shape index (κ1) is 16.4. The van der Waals surface area contributed by atoms with Crippen molar-refractivity contribution in [2.24, 2.45) is 5.92 Å². The first-order valence-corrected chi connectivity index (χ1v) is 8.40. The van der Waals surface area contributed by atoms with Crippen LogP contribution < -0.4 is 9.47 Å². The van der Waals surface area contributed by atoms with Crippen LogP contribution in [0.2, 0.25) is 0 Å². The number of hydrogen-bond donors (Lipinski definition) is 0. The van der Waals surface area contributed by atoms with Gasteiger partial charge in [-0.3, -0.25) is 0 Å². The molecule has 1 aromatic rings. The molecule has 1 unspecified atom stereocenters. The monoisotopic (exact) mass is 311 g/mol. The van der Waals surface area contributed by atoms with Crippen molar-refractivity contribution in [2.75, 3.05) is 39.2 Å². The summed E-state index contributed by atoms with van der Waals surface area (Å²) in [4.78, 5) is 2.54. The van der Waals surface area contributed by atoms with Gasteiger partial charge in [0.15, 0.2) is 0 Å². The maximum absolute atomic E-state index is 6.02. The molecule has 0 spiro atoms. The van der Waals surface area contributed by atoms with E-state index in [0.29, 0.717) is 5.92 Å². The number of halogens is 1. The second-order valence-corrected chi connectivity index (χ2v) is 6.01. The lowest BCUT2D eigenvalue weighted by Crippen LogP contribution is -2.30. The Morgan fingerprint density at radius 2 is 2.14 bits per heavy atom. The maximum Gasteiger partial charge on any atom is 0.122 e. The smallest absolute Gasteiger partial charge is 0.122 e. The van der Waals surface area contributed by atoms with Crippen LogP contribution >= 0.6 is 11.6 Å². The fourth-order valence-corrected chi connectivity index (χ4v) is 3.07. The van der Waals surface area contributed by atoms with Crippen molar-refractivity contribution in [3.8, 4) is 11.5 Å². The minimum Gasteiger partial charge on any atom is -0.497 e. The Kier molecular flexibility index (Phi) is 7.17. The highest BCUT2D eigenvalue weighted by Gasteiger charge is 2.16. The SMILES string of the molecule is COc1cccc(OCCCN2CCCCC(CCl)C2)c1. The van der Waals surface area contributed by atoms with E-state index in [1.807, 2.05) is 24.3 Å². The average Bonchev–Trinajstić information content (AvgIpc) is 2.77. The van der Waals surface area contributed by atoms with Gasteiger partial charge in [-0.25, -0.2) is 0 Å². The zero-order valence-corrected chi connectivity index (χ0v) is 13.6. The minimum atomic E-state index is 0.661. The maximum atomic E-state index is 6.02. The van der Waals surface area contributed by atoms with E-state index in [9.17, 15) is 0 Å². The van der Waals surface area contributed by atoms with Crippen LogP contribution in [0.3, 0.4) is 0 Å². The van der Waals surface area contributed by atoms with Gasteiger partial charge in [-0.2, -0.15) is 0 Å². The highest BCUT2D eigenvalue weighted by atomic mass is 35.5. The van der Waals surface area contributed by atoms with E-state index in [1.165, 1.54) is 25.8 Å². The van der Waals surface area contributed by atoms with Crippen LogP contribution in [0.15, 0.2) is 24.3 Å². The molecule has 1 saturated heterocycles. The summed E-state index contributed by atoms with van der Waals surface area (Å²) in [6, 6.07) is 7.78. The van der Waals surface area contributed by atoms with Crippen LogP contribution in [0.1, 0.15) is 25.7 Å². The molecule has 21 heavy (non-hydrogen) atoms. The van der Waals surface area contributed by atoms with Gasteiger partial charge in [-0.05, 0) is 43.9 Å². The quantitative estimate of drug-likeness (QED) is 0.564. The molecule has 3 nitrogen and oxygen atoms in total.